The maximum atomic E-state index is 9.83. The predicted octanol–water partition coefficient (Wildman–Crippen LogP) is 3.41. The van der Waals surface area contributed by atoms with Crippen LogP contribution in [0.2, 0.25) is 0 Å². The van der Waals surface area contributed by atoms with Crippen LogP contribution in [0.5, 0.6) is 0 Å². The monoisotopic (exact) mass is 333 g/mol. The minimum absolute atomic E-state index is 0.599. The lowest BCUT2D eigenvalue weighted by Gasteiger charge is -2.20. The second kappa shape index (κ2) is 6.02. The quantitative estimate of drug-likeness (QED) is 0.673. The Morgan fingerprint density at radius 3 is 2.79 bits per heavy atom. The molecule has 2 aromatic heterocycles. The fourth-order valence-electron chi connectivity index (χ4n) is 2.92. The smallest absolute Gasteiger partial charge is 0.160 e. The first kappa shape index (κ1) is 14.8. The molecule has 1 saturated heterocycles. The summed E-state index contributed by atoms with van der Waals surface area (Å²) >= 11 is 1.70. The zero-order valence-corrected chi connectivity index (χ0v) is 14.0. The number of hydrogen-bond donors (Lipinski definition) is 0. The molecule has 0 bridgehead atoms. The summed E-state index contributed by atoms with van der Waals surface area (Å²) in [7, 11) is 1.90. The number of imidazole rings is 1. The summed E-state index contributed by atoms with van der Waals surface area (Å²) in [5.41, 5.74) is 3.29. The second-order valence-corrected chi connectivity index (χ2v) is 6.55. The van der Waals surface area contributed by atoms with E-state index in [0.29, 0.717) is 11.4 Å². The number of fused-ring (bicyclic) bond motifs is 1. The fourth-order valence-corrected chi connectivity index (χ4v) is 4.02. The van der Waals surface area contributed by atoms with Gasteiger partial charge in [-0.3, -0.25) is 0 Å². The number of anilines is 1. The van der Waals surface area contributed by atoms with Gasteiger partial charge in [-0.1, -0.05) is 18.2 Å². The molecule has 1 aliphatic rings. The Morgan fingerprint density at radius 1 is 1.21 bits per heavy atom. The minimum atomic E-state index is 0.599. The zero-order valence-electron chi connectivity index (χ0n) is 13.2. The van der Waals surface area contributed by atoms with Gasteiger partial charge in [0.25, 0.3) is 0 Å². The summed E-state index contributed by atoms with van der Waals surface area (Å²) in [5.74, 6) is 1.62. The predicted molar refractivity (Wildman–Crippen MR) is 97.3 cm³/mol. The molecule has 4 rings (SSSR count). The molecule has 118 valence electrons. The summed E-state index contributed by atoms with van der Waals surface area (Å²) in [4.78, 5) is 11.2. The summed E-state index contributed by atoms with van der Waals surface area (Å²) in [5, 5.41) is 10.8. The molecule has 1 aliphatic heterocycles. The van der Waals surface area contributed by atoms with Gasteiger partial charge < -0.3 is 9.47 Å². The van der Waals surface area contributed by atoms with Crippen LogP contribution in [0.25, 0.3) is 16.7 Å². The van der Waals surface area contributed by atoms with E-state index in [1.54, 1.807) is 18.0 Å². The molecule has 0 unspecified atom stereocenters. The third-order valence-corrected chi connectivity index (χ3v) is 5.13. The summed E-state index contributed by atoms with van der Waals surface area (Å²) in [6.07, 6.45) is 1.74. The molecule has 1 fully saturated rings. The highest BCUT2D eigenvalue weighted by molar-refractivity contribution is 8.03. The Labute approximate surface area is 144 Å². The lowest BCUT2D eigenvalue weighted by Crippen LogP contribution is -2.18. The van der Waals surface area contributed by atoms with Crippen molar-refractivity contribution in [2.75, 3.05) is 17.2 Å². The highest BCUT2D eigenvalue weighted by Crippen LogP contribution is 2.38. The largest absolute Gasteiger partial charge is 0.334 e. The number of nitriles is 1. The van der Waals surface area contributed by atoms with Gasteiger partial charge in [-0.15, -0.1) is 11.8 Å². The number of para-hydroxylation sites is 1. The Balaban J connectivity index is 1.89. The Morgan fingerprint density at radius 2 is 2.04 bits per heavy atom. The highest BCUT2D eigenvalue weighted by atomic mass is 32.2. The van der Waals surface area contributed by atoms with Crippen molar-refractivity contribution >= 4 is 34.2 Å². The summed E-state index contributed by atoms with van der Waals surface area (Å²) < 4.78 is 1.89. The number of rotatable bonds is 2. The van der Waals surface area contributed by atoms with Gasteiger partial charge in [0.05, 0.1) is 5.03 Å². The van der Waals surface area contributed by atoms with Crippen LogP contribution in [-0.2, 0) is 7.05 Å². The van der Waals surface area contributed by atoms with E-state index >= 15 is 0 Å². The van der Waals surface area contributed by atoms with Gasteiger partial charge in [-0.2, -0.15) is 5.26 Å². The van der Waals surface area contributed by atoms with Gasteiger partial charge in [-0.25, -0.2) is 9.97 Å². The van der Waals surface area contributed by atoms with Gasteiger partial charge in [0.2, 0.25) is 0 Å². The molecular formula is C18H15N5S. The maximum absolute atomic E-state index is 9.83. The zero-order chi connectivity index (χ0) is 16.5. The number of aryl methyl sites for hydroxylation is 1. The van der Waals surface area contributed by atoms with Crippen molar-refractivity contribution in [2.45, 2.75) is 0 Å². The van der Waals surface area contributed by atoms with Gasteiger partial charge in [0, 0.05) is 31.2 Å². The molecule has 3 heterocycles. The molecule has 3 aromatic rings. The van der Waals surface area contributed by atoms with Crippen molar-refractivity contribution < 1.29 is 0 Å². The van der Waals surface area contributed by atoms with E-state index in [9.17, 15) is 5.26 Å². The number of pyridine rings is 1. The van der Waals surface area contributed by atoms with E-state index in [4.69, 9.17) is 0 Å². The standard InChI is InChI=1S/C18H15N5S/c1-22-16(21-15-8-5-9-20-17(15)22)14(12-19)18-23(10-11-24-18)13-6-3-2-4-7-13/h2-9H,10-11H2,1H3/b18-14+. The third-order valence-electron chi connectivity index (χ3n) is 4.04. The van der Waals surface area contributed by atoms with Crippen LogP contribution in [0.4, 0.5) is 5.69 Å². The molecule has 24 heavy (non-hydrogen) atoms. The summed E-state index contributed by atoms with van der Waals surface area (Å²) in [6.45, 7) is 0.886. The third kappa shape index (κ3) is 2.34. The Hall–Kier alpha value is -2.78. The number of thioether (sulfide) groups is 1. The topological polar surface area (TPSA) is 57.7 Å². The molecule has 0 aliphatic carbocycles. The van der Waals surface area contributed by atoms with E-state index in [1.807, 2.05) is 41.9 Å². The number of allylic oxidation sites excluding steroid dienone is 1. The van der Waals surface area contributed by atoms with Gasteiger partial charge in [-0.05, 0) is 24.3 Å². The van der Waals surface area contributed by atoms with Crippen molar-refractivity contribution in [3.63, 3.8) is 0 Å². The highest BCUT2D eigenvalue weighted by Gasteiger charge is 2.26. The molecule has 0 amide bonds. The molecule has 0 atom stereocenters. The molecule has 0 N–H and O–H groups in total. The van der Waals surface area contributed by atoms with Crippen molar-refractivity contribution in [2.24, 2.45) is 7.05 Å². The van der Waals surface area contributed by atoms with Crippen molar-refractivity contribution in [3.8, 4) is 6.07 Å². The minimum Gasteiger partial charge on any atom is -0.334 e. The first-order valence-electron chi connectivity index (χ1n) is 7.67. The van der Waals surface area contributed by atoms with Crippen LogP contribution in [-0.4, -0.2) is 26.8 Å². The molecule has 6 heteroatoms. The Kier molecular flexibility index (Phi) is 3.71. The first-order chi connectivity index (χ1) is 11.8. The van der Waals surface area contributed by atoms with Crippen LogP contribution < -0.4 is 4.90 Å². The number of hydrogen-bond acceptors (Lipinski definition) is 5. The molecular weight excluding hydrogens is 318 g/mol. The van der Waals surface area contributed by atoms with Gasteiger partial charge in [0.1, 0.15) is 17.2 Å². The van der Waals surface area contributed by atoms with Crippen LogP contribution in [0.1, 0.15) is 5.82 Å². The van der Waals surface area contributed by atoms with Crippen molar-refractivity contribution in [1.82, 2.24) is 14.5 Å². The van der Waals surface area contributed by atoms with E-state index in [0.717, 1.165) is 34.2 Å². The lowest BCUT2D eigenvalue weighted by atomic mass is 10.2. The van der Waals surface area contributed by atoms with E-state index in [1.165, 1.54) is 0 Å². The number of benzene rings is 1. The van der Waals surface area contributed by atoms with Crippen LogP contribution in [0.3, 0.4) is 0 Å². The normalized spacial score (nSPS) is 16.4. The molecule has 0 spiro atoms. The van der Waals surface area contributed by atoms with Crippen molar-refractivity contribution in [1.29, 1.82) is 5.26 Å². The molecule has 1 aromatic carbocycles. The molecule has 0 saturated carbocycles. The molecule has 0 radical (unpaired) electrons. The van der Waals surface area contributed by atoms with Crippen LogP contribution >= 0.6 is 11.8 Å². The van der Waals surface area contributed by atoms with Crippen molar-refractivity contribution in [3.05, 3.63) is 59.5 Å². The average Bonchev–Trinajstić information content (AvgIpc) is 3.23. The number of nitrogens with zero attached hydrogens (tertiary/aromatic N) is 5. The van der Waals surface area contributed by atoms with E-state index < -0.39 is 0 Å². The van der Waals surface area contributed by atoms with Gasteiger partial charge in [0.15, 0.2) is 11.5 Å². The SMILES string of the molecule is Cn1c(/C(C#N)=C2/SCCN2c2ccccc2)nc2cccnc21. The number of aromatic nitrogens is 3. The average molecular weight is 333 g/mol. The lowest BCUT2D eigenvalue weighted by molar-refractivity contribution is 0.907. The van der Waals surface area contributed by atoms with Crippen LogP contribution in [0.15, 0.2) is 53.7 Å². The summed E-state index contributed by atoms with van der Waals surface area (Å²) in [6, 6.07) is 16.3. The Bertz CT molecular complexity index is 968. The van der Waals surface area contributed by atoms with E-state index in [2.05, 4.69) is 33.1 Å². The fraction of sp³-hybridized carbons (Fsp3) is 0.167. The maximum Gasteiger partial charge on any atom is 0.160 e. The van der Waals surface area contributed by atoms with Crippen LogP contribution in [0, 0.1) is 11.3 Å². The first-order valence-corrected chi connectivity index (χ1v) is 8.65. The molecule has 5 nitrogen and oxygen atoms in total. The van der Waals surface area contributed by atoms with Gasteiger partial charge >= 0.3 is 0 Å². The second-order valence-electron chi connectivity index (χ2n) is 5.47. The van der Waals surface area contributed by atoms with E-state index in [-0.39, 0.29) is 0 Å².